The Labute approximate surface area is 185 Å². The van der Waals surface area contributed by atoms with Crippen LogP contribution >= 0.6 is 24.0 Å². The van der Waals surface area contributed by atoms with Crippen molar-refractivity contribution in [1.29, 1.82) is 0 Å². The Morgan fingerprint density at radius 2 is 1.63 bits per heavy atom. The summed E-state index contributed by atoms with van der Waals surface area (Å²) in [5.74, 6) is 1.89. The minimum absolute atomic E-state index is 0. The Bertz CT molecular complexity index is 375. The van der Waals surface area contributed by atoms with Gasteiger partial charge in [-0.3, -0.25) is 4.99 Å². The molecule has 0 aromatic carbocycles. The predicted octanol–water partition coefficient (Wildman–Crippen LogP) is 3.55. The molecule has 0 unspecified atom stereocenters. The number of nitrogens with one attached hydrogen (secondary N) is 2. The van der Waals surface area contributed by atoms with Gasteiger partial charge in [-0.1, -0.05) is 19.8 Å². The number of likely N-dealkylation sites (tertiary alicyclic amines) is 2. The molecule has 0 saturated carbocycles. The summed E-state index contributed by atoms with van der Waals surface area (Å²) in [6, 6.07) is 0. The Hall–Kier alpha value is -0.0800. The van der Waals surface area contributed by atoms with Crippen molar-refractivity contribution < 1.29 is 0 Å². The number of guanidine groups is 1. The first-order chi connectivity index (χ1) is 12.8. The number of piperidine rings is 1. The van der Waals surface area contributed by atoms with Crippen molar-refractivity contribution in [3.63, 3.8) is 0 Å². The fraction of sp³-hybridized carbons (Fsp3) is 0.952. The maximum absolute atomic E-state index is 4.79. The van der Waals surface area contributed by atoms with Gasteiger partial charge < -0.3 is 20.4 Å². The fourth-order valence-corrected chi connectivity index (χ4v) is 4.17. The van der Waals surface area contributed by atoms with Crippen LogP contribution in [0.3, 0.4) is 0 Å². The highest BCUT2D eigenvalue weighted by Crippen LogP contribution is 2.19. The van der Waals surface area contributed by atoms with E-state index in [2.05, 4.69) is 34.3 Å². The number of rotatable bonds is 9. The lowest BCUT2D eigenvalue weighted by atomic mass is 9.93. The molecule has 2 N–H and O–H groups in total. The van der Waals surface area contributed by atoms with E-state index in [0.717, 1.165) is 31.5 Å². The van der Waals surface area contributed by atoms with E-state index >= 15 is 0 Å². The molecule has 2 aliphatic rings. The van der Waals surface area contributed by atoms with Crippen LogP contribution in [0.5, 0.6) is 0 Å². The number of hydrogen-bond acceptors (Lipinski definition) is 3. The van der Waals surface area contributed by atoms with Gasteiger partial charge in [-0.05, 0) is 90.6 Å². The van der Waals surface area contributed by atoms with Crippen LogP contribution < -0.4 is 10.6 Å². The second-order valence-electron chi connectivity index (χ2n) is 7.96. The van der Waals surface area contributed by atoms with E-state index in [4.69, 9.17) is 4.99 Å². The van der Waals surface area contributed by atoms with Crippen LogP contribution in [0.15, 0.2) is 4.99 Å². The van der Waals surface area contributed by atoms with Crippen molar-refractivity contribution >= 4 is 29.9 Å². The highest BCUT2D eigenvalue weighted by Gasteiger charge is 2.17. The summed E-state index contributed by atoms with van der Waals surface area (Å²) < 4.78 is 0. The van der Waals surface area contributed by atoms with Crippen LogP contribution in [0, 0.1) is 5.92 Å². The van der Waals surface area contributed by atoms with Gasteiger partial charge >= 0.3 is 0 Å². The van der Waals surface area contributed by atoms with Gasteiger partial charge in [0.25, 0.3) is 0 Å². The molecule has 2 saturated heterocycles. The second-order valence-corrected chi connectivity index (χ2v) is 7.96. The van der Waals surface area contributed by atoms with Crippen molar-refractivity contribution in [2.45, 2.75) is 65.2 Å². The van der Waals surface area contributed by atoms with Crippen LogP contribution in [-0.2, 0) is 0 Å². The summed E-state index contributed by atoms with van der Waals surface area (Å²) in [5, 5.41) is 6.96. The zero-order valence-corrected chi connectivity index (χ0v) is 20.2. The average Bonchev–Trinajstić information content (AvgIpc) is 2.94. The van der Waals surface area contributed by atoms with Crippen LogP contribution in [0.1, 0.15) is 65.2 Å². The highest BCUT2D eigenvalue weighted by molar-refractivity contribution is 14.0. The van der Waals surface area contributed by atoms with Gasteiger partial charge in [-0.15, -0.1) is 24.0 Å². The SMILES string of the molecule is CCNC(=NCCCN1CCCCCC1)NCCC1CCN(CC)CC1.I. The highest BCUT2D eigenvalue weighted by atomic mass is 127. The number of aliphatic imine (C=N–C) groups is 1. The molecule has 0 aromatic heterocycles. The Kier molecular flexibility index (Phi) is 14.6. The van der Waals surface area contributed by atoms with Gasteiger partial charge in [0, 0.05) is 19.6 Å². The summed E-state index contributed by atoms with van der Waals surface area (Å²) in [4.78, 5) is 9.99. The molecular formula is C21H44IN5. The van der Waals surface area contributed by atoms with Crippen molar-refractivity contribution in [2.75, 3.05) is 58.9 Å². The fourth-order valence-electron chi connectivity index (χ4n) is 4.17. The molecule has 5 nitrogen and oxygen atoms in total. The summed E-state index contributed by atoms with van der Waals surface area (Å²) >= 11 is 0. The lowest BCUT2D eigenvalue weighted by Gasteiger charge is -2.31. The third-order valence-corrected chi connectivity index (χ3v) is 5.94. The van der Waals surface area contributed by atoms with Crippen LogP contribution in [-0.4, -0.2) is 74.7 Å². The monoisotopic (exact) mass is 493 g/mol. The van der Waals surface area contributed by atoms with Gasteiger partial charge in [0.15, 0.2) is 5.96 Å². The zero-order valence-electron chi connectivity index (χ0n) is 17.8. The van der Waals surface area contributed by atoms with Gasteiger partial charge in [0.2, 0.25) is 0 Å². The van der Waals surface area contributed by atoms with E-state index in [0.29, 0.717) is 0 Å². The molecule has 6 heteroatoms. The first-order valence-electron chi connectivity index (χ1n) is 11.3. The smallest absolute Gasteiger partial charge is 0.191 e. The summed E-state index contributed by atoms with van der Waals surface area (Å²) in [6.45, 7) is 14.9. The van der Waals surface area contributed by atoms with E-state index in [9.17, 15) is 0 Å². The standard InChI is InChI=1S/C21H43N5.HI/c1-3-22-21(23-13-9-17-26-15-7-5-6-8-16-26)24-14-10-20-11-18-25(4-2)19-12-20;/h20H,3-19H2,1-2H3,(H2,22,23,24);1H. The normalized spacial score (nSPS) is 20.7. The predicted molar refractivity (Wildman–Crippen MR) is 128 cm³/mol. The van der Waals surface area contributed by atoms with Crippen LogP contribution in [0.4, 0.5) is 0 Å². The summed E-state index contributed by atoms with van der Waals surface area (Å²) in [7, 11) is 0. The number of halogens is 1. The molecule has 160 valence electrons. The molecule has 0 aliphatic carbocycles. The second kappa shape index (κ2) is 15.8. The van der Waals surface area contributed by atoms with E-state index in [1.165, 1.54) is 90.6 Å². The van der Waals surface area contributed by atoms with E-state index < -0.39 is 0 Å². The Balaban J connectivity index is 0.00000364. The number of hydrogen-bond donors (Lipinski definition) is 2. The van der Waals surface area contributed by atoms with Gasteiger partial charge in [0.05, 0.1) is 0 Å². The molecule has 0 amide bonds. The quantitative estimate of drug-likeness (QED) is 0.223. The Morgan fingerprint density at radius 3 is 2.26 bits per heavy atom. The van der Waals surface area contributed by atoms with Crippen molar-refractivity contribution in [1.82, 2.24) is 20.4 Å². The van der Waals surface area contributed by atoms with Crippen molar-refractivity contribution in [3.05, 3.63) is 0 Å². The average molecular weight is 494 g/mol. The summed E-state index contributed by atoms with van der Waals surface area (Å²) in [5.41, 5.74) is 0. The zero-order chi connectivity index (χ0) is 18.5. The van der Waals surface area contributed by atoms with E-state index in [1.807, 2.05) is 0 Å². The third kappa shape index (κ3) is 10.9. The molecule has 2 fully saturated rings. The van der Waals surface area contributed by atoms with Gasteiger partial charge in [-0.2, -0.15) is 0 Å². The molecule has 0 radical (unpaired) electrons. The van der Waals surface area contributed by atoms with Crippen LogP contribution in [0.25, 0.3) is 0 Å². The number of nitrogens with zero attached hydrogens (tertiary/aromatic N) is 3. The van der Waals surface area contributed by atoms with Crippen molar-refractivity contribution in [2.24, 2.45) is 10.9 Å². The lowest BCUT2D eigenvalue weighted by Crippen LogP contribution is -2.39. The Morgan fingerprint density at radius 1 is 0.926 bits per heavy atom. The molecule has 0 bridgehead atoms. The molecule has 2 heterocycles. The van der Waals surface area contributed by atoms with Crippen LogP contribution in [0.2, 0.25) is 0 Å². The minimum atomic E-state index is 0. The summed E-state index contributed by atoms with van der Waals surface area (Å²) in [6.07, 6.45) is 10.8. The van der Waals surface area contributed by atoms with Crippen molar-refractivity contribution in [3.8, 4) is 0 Å². The minimum Gasteiger partial charge on any atom is -0.357 e. The molecule has 27 heavy (non-hydrogen) atoms. The molecule has 2 aliphatic heterocycles. The van der Waals surface area contributed by atoms with Gasteiger partial charge in [0.1, 0.15) is 0 Å². The molecule has 0 aromatic rings. The van der Waals surface area contributed by atoms with E-state index in [1.54, 1.807) is 0 Å². The molecule has 2 rings (SSSR count). The van der Waals surface area contributed by atoms with E-state index in [-0.39, 0.29) is 24.0 Å². The topological polar surface area (TPSA) is 42.9 Å². The first kappa shape index (κ1) is 25.0. The molecular weight excluding hydrogens is 449 g/mol. The lowest BCUT2D eigenvalue weighted by molar-refractivity contribution is 0.187. The van der Waals surface area contributed by atoms with Gasteiger partial charge in [-0.25, -0.2) is 0 Å². The molecule has 0 spiro atoms. The molecule has 0 atom stereocenters. The largest absolute Gasteiger partial charge is 0.357 e. The first-order valence-corrected chi connectivity index (χ1v) is 11.3. The third-order valence-electron chi connectivity index (χ3n) is 5.94. The maximum atomic E-state index is 4.79. The maximum Gasteiger partial charge on any atom is 0.191 e.